The second-order valence-electron chi connectivity index (χ2n) is 6.56. The first-order chi connectivity index (χ1) is 11.2. The zero-order valence-corrected chi connectivity index (χ0v) is 12.9. The Morgan fingerprint density at radius 3 is 2.83 bits per heavy atom. The molecule has 1 saturated carbocycles. The number of carboxylic acids is 1. The van der Waals surface area contributed by atoms with Crippen LogP contribution in [0.5, 0.6) is 0 Å². The van der Waals surface area contributed by atoms with Crippen LogP contribution in [0.4, 0.5) is 5.82 Å². The largest absolute Gasteiger partial charge is 0.481 e. The molecule has 2 atom stereocenters. The maximum atomic E-state index is 11.8. The third kappa shape index (κ3) is 2.27. The molecule has 1 aromatic carbocycles. The smallest absolute Gasteiger partial charge is 0.311 e. The topological polar surface area (TPSA) is 66.3 Å². The van der Waals surface area contributed by atoms with Gasteiger partial charge in [-0.05, 0) is 18.8 Å². The summed E-state index contributed by atoms with van der Waals surface area (Å²) in [5, 5.41) is 9.71. The number of hydrogen-bond acceptors (Lipinski definition) is 4. The molecule has 1 aromatic heterocycles. The number of carboxylic acid groups (broad SMARTS) is 1. The quantitative estimate of drug-likeness (QED) is 0.944. The van der Waals surface area contributed by atoms with E-state index in [0.29, 0.717) is 6.54 Å². The number of rotatable bonds is 3. The Labute approximate surface area is 135 Å². The van der Waals surface area contributed by atoms with Gasteiger partial charge in [0, 0.05) is 18.7 Å². The maximum absolute atomic E-state index is 11.8. The van der Waals surface area contributed by atoms with Gasteiger partial charge in [0.05, 0.1) is 23.5 Å². The van der Waals surface area contributed by atoms with Crippen LogP contribution in [0.15, 0.2) is 42.7 Å². The molecule has 0 unspecified atom stereocenters. The van der Waals surface area contributed by atoms with Crippen molar-refractivity contribution in [3.8, 4) is 11.3 Å². The van der Waals surface area contributed by atoms with Crippen molar-refractivity contribution in [2.45, 2.75) is 19.3 Å². The van der Waals surface area contributed by atoms with Gasteiger partial charge < -0.3 is 10.0 Å². The molecule has 5 nitrogen and oxygen atoms in total. The second kappa shape index (κ2) is 5.33. The van der Waals surface area contributed by atoms with Crippen LogP contribution in [0.2, 0.25) is 0 Å². The molecule has 0 bridgehead atoms. The van der Waals surface area contributed by atoms with Crippen molar-refractivity contribution in [3.05, 3.63) is 42.7 Å². The standard InChI is InChI=1S/C18H19N3O2/c22-17(23)18-8-4-7-14(18)11-21(12-18)16-10-19-9-15(20-16)13-5-2-1-3-6-13/h1-3,5-6,9-10,14H,4,7-8,11-12H2,(H,22,23)/t14-,18+/m0/s1. The van der Waals surface area contributed by atoms with Crippen LogP contribution < -0.4 is 4.90 Å². The summed E-state index contributed by atoms with van der Waals surface area (Å²) < 4.78 is 0. The summed E-state index contributed by atoms with van der Waals surface area (Å²) in [5.41, 5.74) is 1.25. The molecule has 1 N–H and O–H groups in total. The molecular formula is C18H19N3O2. The lowest BCUT2D eigenvalue weighted by Gasteiger charge is -2.23. The first-order valence-electron chi connectivity index (χ1n) is 8.05. The highest BCUT2D eigenvalue weighted by molar-refractivity contribution is 5.78. The van der Waals surface area contributed by atoms with Gasteiger partial charge in [-0.25, -0.2) is 4.98 Å². The number of fused-ring (bicyclic) bond motifs is 1. The summed E-state index contributed by atoms with van der Waals surface area (Å²) in [6.07, 6.45) is 6.27. The van der Waals surface area contributed by atoms with E-state index in [-0.39, 0.29) is 5.92 Å². The Bertz CT molecular complexity index is 734. The van der Waals surface area contributed by atoms with Crippen LogP contribution in [0.1, 0.15) is 19.3 Å². The number of aromatic nitrogens is 2. The highest BCUT2D eigenvalue weighted by atomic mass is 16.4. The number of nitrogens with zero attached hydrogens (tertiary/aromatic N) is 3. The molecule has 1 aliphatic heterocycles. The molecule has 1 saturated heterocycles. The Morgan fingerprint density at radius 2 is 2.09 bits per heavy atom. The predicted molar refractivity (Wildman–Crippen MR) is 87.1 cm³/mol. The molecule has 4 rings (SSSR count). The lowest BCUT2D eigenvalue weighted by molar-refractivity contribution is -0.149. The molecule has 2 fully saturated rings. The lowest BCUT2D eigenvalue weighted by atomic mass is 9.81. The monoisotopic (exact) mass is 309 g/mol. The van der Waals surface area contributed by atoms with Crippen molar-refractivity contribution in [3.63, 3.8) is 0 Å². The van der Waals surface area contributed by atoms with E-state index >= 15 is 0 Å². The normalized spacial score (nSPS) is 26.3. The van der Waals surface area contributed by atoms with Crippen molar-refractivity contribution in [1.29, 1.82) is 0 Å². The average molecular weight is 309 g/mol. The van der Waals surface area contributed by atoms with E-state index in [9.17, 15) is 9.90 Å². The minimum Gasteiger partial charge on any atom is -0.481 e. The zero-order valence-electron chi connectivity index (χ0n) is 12.9. The predicted octanol–water partition coefficient (Wildman–Crippen LogP) is 2.83. The minimum atomic E-state index is -0.658. The number of carbonyl (C=O) groups is 1. The average Bonchev–Trinajstić information content (AvgIpc) is 3.14. The summed E-state index contributed by atoms with van der Waals surface area (Å²) in [5.74, 6) is 0.346. The molecule has 2 aromatic rings. The summed E-state index contributed by atoms with van der Waals surface area (Å²) in [7, 11) is 0. The molecule has 2 heterocycles. The Hall–Kier alpha value is -2.43. The van der Waals surface area contributed by atoms with Crippen molar-refractivity contribution < 1.29 is 9.90 Å². The van der Waals surface area contributed by atoms with Gasteiger partial charge in [-0.1, -0.05) is 36.8 Å². The van der Waals surface area contributed by atoms with E-state index in [4.69, 9.17) is 4.98 Å². The molecule has 0 spiro atoms. The fraction of sp³-hybridized carbons (Fsp3) is 0.389. The molecular weight excluding hydrogens is 290 g/mol. The van der Waals surface area contributed by atoms with E-state index in [1.165, 1.54) is 0 Å². The van der Waals surface area contributed by atoms with Crippen LogP contribution in [-0.4, -0.2) is 34.1 Å². The van der Waals surface area contributed by atoms with Crippen LogP contribution in [0.25, 0.3) is 11.3 Å². The van der Waals surface area contributed by atoms with Gasteiger partial charge in [0.2, 0.25) is 0 Å². The molecule has 23 heavy (non-hydrogen) atoms. The lowest BCUT2D eigenvalue weighted by Crippen LogP contribution is -2.35. The molecule has 5 heteroatoms. The van der Waals surface area contributed by atoms with E-state index < -0.39 is 11.4 Å². The van der Waals surface area contributed by atoms with E-state index in [0.717, 1.165) is 42.9 Å². The van der Waals surface area contributed by atoms with E-state index in [1.54, 1.807) is 12.4 Å². The number of anilines is 1. The SMILES string of the molecule is O=C(O)[C@@]12CCC[C@H]1CN(c1cncc(-c3ccccc3)n1)C2. The first-order valence-corrected chi connectivity index (χ1v) is 8.05. The summed E-state index contributed by atoms with van der Waals surface area (Å²) in [6, 6.07) is 9.93. The Morgan fingerprint density at radius 1 is 1.26 bits per heavy atom. The highest BCUT2D eigenvalue weighted by Gasteiger charge is 2.55. The van der Waals surface area contributed by atoms with Crippen molar-refractivity contribution >= 4 is 11.8 Å². The zero-order chi connectivity index (χ0) is 15.9. The molecule has 0 amide bonds. The minimum absolute atomic E-state index is 0.224. The van der Waals surface area contributed by atoms with Crippen molar-refractivity contribution in [2.75, 3.05) is 18.0 Å². The summed E-state index contributed by atoms with van der Waals surface area (Å²) >= 11 is 0. The van der Waals surface area contributed by atoms with Crippen molar-refractivity contribution in [2.24, 2.45) is 11.3 Å². The molecule has 1 aliphatic carbocycles. The fourth-order valence-corrected chi connectivity index (χ4v) is 4.07. The first kappa shape index (κ1) is 14.2. The third-order valence-electron chi connectivity index (χ3n) is 5.31. The van der Waals surface area contributed by atoms with Gasteiger partial charge >= 0.3 is 5.97 Å². The number of aliphatic carboxylic acids is 1. The summed E-state index contributed by atoms with van der Waals surface area (Å²) in [4.78, 5) is 22.9. The van der Waals surface area contributed by atoms with Crippen LogP contribution >= 0.6 is 0 Å². The third-order valence-corrected chi connectivity index (χ3v) is 5.31. The van der Waals surface area contributed by atoms with E-state index in [1.807, 2.05) is 30.3 Å². The van der Waals surface area contributed by atoms with Gasteiger partial charge in [0.15, 0.2) is 0 Å². The highest BCUT2D eigenvalue weighted by Crippen LogP contribution is 2.49. The van der Waals surface area contributed by atoms with Crippen LogP contribution in [-0.2, 0) is 4.79 Å². The van der Waals surface area contributed by atoms with E-state index in [2.05, 4.69) is 9.88 Å². The van der Waals surface area contributed by atoms with Gasteiger partial charge in [-0.3, -0.25) is 9.78 Å². The Balaban J connectivity index is 1.64. The second-order valence-corrected chi connectivity index (χ2v) is 6.56. The molecule has 0 radical (unpaired) electrons. The Kier molecular flexibility index (Phi) is 3.29. The molecule has 2 aliphatic rings. The van der Waals surface area contributed by atoms with Crippen LogP contribution in [0, 0.1) is 11.3 Å². The maximum Gasteiger partial charge on any atom is 0.311 e. The summed E-state index contributed by atoms with van der Waals surface area (Å²) in [6.45, 7) is 1.30. The fourth-order valence-electron chi connectivity index (χ4n) is 4.07. The van der Waals surface area contributed by atoms with Crippen molar-refractivity contribution in [1.82, 2.24) is 9.97 Å². The van der Waals surface area contributed by atoms with Gasteiger partial charge in [-0.15, -0.1) is 0 Å². The van der Waals surface area contributed by atoms with Gasteiger partial charge in [0.25, 0.3) is 0 Å². The number of hydrogen-bond donors (Lipinski definition) is 1. The van der Waals surface area contributed by atoms with Crippen LogP contribution in [0.3, 0.4) is 0 Å². The molecule has 118 valence electrons. The van der Waals surface area contributed by atoms with Gasteiger partial charge in [0.1, 0.15) is 5.82 Å². The number of benzene rings is 1. The van der Waals surface area contributed by atoms with Gasteiger partial charge in [-0.2, -0.15) is 0 Å².